The number of hydrogen-bond donors (Lipinski definition) is 2. The van der Waals surface area contributed by atoms with E-state index in [-0.39, 0.29) is 5.91 Å². The quantitative estimate of drug-likeness (QED) is 0.579. The highest BCUT2D eigenvalue weighted by molar-refractivity contribution is 7.00. The van der Waals surface area contributed by atoms with Gasteiger partial charge < -0.3 is 10.1 Å². The fourth-order valence-corrected chi connectivity index (χ4v) is 3.50. The third-order valence-corrected chi connectivity index (χ3v) is 4.69. The van der Waals surface area contributed by atoms with Crippen molar-refractivity contribution >= 4 is 34.4 Å². The van der Waals surface area contributed by atoms with Gasteiger partial charge in [0.15, 0.2) is 0 Å². The van der Waals surface area contributed by atoms with E-state index < -0.39 is 0 Å². The van der Waals surface area contributed by atoms with Crippen molar-refractivity contribution in [2.75, 3.05) is 5.32 Å². The van der Waals surface area contributed by atoms with E-state index in [9.17, 15) is 4.79 Å². The Bertz CT molecular complexity index is 1120. The number of anilines is 1. The summed E-state index contributed by atoms with van der Waals surface area (Å²) in [6.07, 6.45) is 0. The molecule has 2 aromatic heterocycles. The van der Waals surface area contributed by atoms with Gasteiger partial charge in [0, 0.05) is 11.1 Å². The molecule has 1 aliphatic heterocycles. The van der Waals surface area contributed by atoms with Crippen LogP contribution in [0.3, 0.4) is 0 Å². The van der Waals surface area contributed by atoms with Crippen molar-refractivity contribution in [2.24, 2.45) is 0 Å². The molecule has 0 spiro atoms. The molecule has 0 saturated heterocycles. The number of carbonyl (C=O) groups excluding carboxylic acids is 1. The van der Waals surface area contributed by atoms with Crippen LogP contribution in [-0.2, 0) is 6.61 Å². The number of nitrogens with one attached hydrogen (secondary N) is 2. The predicted octanol–water partition coefficient (Wildman–Crippen LogP) is 3.23. The van der Waals surface area contributed by atoms with Crippen LogP contribution in [0, 0.1) is 0 Å². The van der Waals surface area contributed by atoms with E-state index in [0.29, 0.717) is 23.5 Å². The number of nitrogens with zero attached hydrogens (tertiary/aromatic N) is 3. The summed E-state index contributed by atoms with van der Waals surface area (Å²) in [5, 5.41) is 10.1. The molecular formula is C17H11N5O2S. The van der Waals surface area contributed by atoms with Gasteiger partial charge in [0.1, 0.15) is 34.8 Å². The summed E-state index contributed by atoms with van der Waals surface area (Å²) >= 11 is 1.12. The van der Waals surface area contributed by atoms with Gasteiger partial charge in [-0.3, -0.25) is 9.89 Å². The minimum atomic E-state index is -0.280. The van der Waals surface area contributed by atoms with Crippen LogP contribution >= 0.6 is 11.7 Å². The van der Waals surface area contributed by atoms with Crippen molar-refractivity contribution in [3.05, 3.63) is 53.7 Å². The maximum atomic E-state index is 12.7. The summed E-state index contributed by atoms with van der Waals surface area (Å²) < 4.78 is 14.2. The minimum absolute atomic E-state index is 0.280. The van der Waals surface area contributed by atoms with Crippen LogP contribution in [0.1, 0.15) is 16.1 Å². The van der Waals surface area contributed by atoms with E-state index in [0.717, 1.165) is 39.8 Å². The number of aromatic amines is 1. The third kappa shape index (κ3) is 2.18. The number of para-hydroxylation sites is 1. The zero-order chi connectivity index (χ0) is 16.8. The second-order valence-corrected chi connectivity index (χ2v) is 6.13. The van der Waals surface area contributed by atoms with Crippen molar-refractivity contribution in [3.8, 4) is 17.0 Å². The van der Waals surface area contributed by atoms with E-state index in [2.05, 4.69) is 24.3 Å². The lowest BCUT2D eigenvalue weighted by atomic mass is 10.0. The fraction of sp³-hybridized carbons (Fsp3) is 0.0588. The summed E-state index contributed by atoms with van der Waals surface area (Å²) in [5.41, 5.74) is 4.83. The largest absolute Gasteiger partial charge is 0.488 e. The Kier molecular flexibility index (Phi) is 3.04. The molecule has 122 valence electrons. The van der Waals surface area contributed by atoms with Crippen molar-refractivity contribution < 1.29 is 9.53 Å². The standard InChI is InChI=1S/C17H11N5O2S/c23-17(18-11-5-3-6-12-16(11)22-25-21-12)15-10-8-24-13-7-2-1-4-9(13)14(10)19-20-15/h1-7H,8H2,(H,18,23)(H,19,20). The average molecular weight is 349 g/mol. The maximum Gasteiger partial charge on any atom is 0.274 e. The molecule has 0 fully saturated rings. The number of rotatable bonds is 2. The summed E-state index contributed by atoms with van der Waals surface area (Å²) in [6, 6.07) is 13.1. The van der Waals surface area contributed by atoms with E-state index in [1.54, 1.807) is 6.07 Å². The molecule has 5 rings (SSSR count). The van der Waals surface area contributed by atoms with Crippen LogP contribution in [-0.4, -0.2) is 24.9 Å². The number of H-pyrrole nitrogens is 1. The first-order valence-corrected chi connectivity index (χ1v) is 8.36. The first kappa shape index (κ1) is 14.1. The van der Waals surface area contributed by atoms with Crippen LogP contribution in [0.2, 0.25) is 0 Å². The average Bonchev–Trinajstić information content (AvgIpc) is 3.29. The van der Waals surface area contributed by atoms with Crippen LogP contribution < -0.4 is 10.1 Å². The lowest BCUT2D eigenvalue weighted by Crippen LogP contribution is -2.16. The zero-order valence-electron chi connectivity index (χ0n) is 12.8. The lowest BCUT2D eigenvalue weighted by Gasteiger charge is -2.17. The minimum Gasteiger partial charge on any atom is -0.488 e. The van der Waals surface area contributed by atoms with Gasteiger partial charge in [-0.05, 0) is 24.3 Å². The molecule has 4 aromatic rings. The second-order valence-electron chi connectivity index (χ2n) is 5.60. The van der Waals surface area contributed by atoms with E-state index >= 15 is 0 Å². The third-order valence-electron chi connectivity index (χ3n) is 4.14. The highest BCUT2D eigenvalue weighted by atomic mass is 32.1. The normalized spacial score (nSPS) is 12.3. The van der Waals surface area contributed by atoms with Crippen molar-refractivity contribution in [2.45, 2.75) is 6.61 Å². The molecule has 2 aromatic carbocycles. The molecule has 0 radical (unpaired) electrons. The van der Waals surface area contributed by atoms with Gasteiger partial charge in [-0.2, -0.15) is 13.8 Å². The Labute approximate surface area is 146 Å². The molecule has 0 aliphatic carbocycles. The topological polar surface area (TPSA) is 92.8 Å². The highest BCUT2D eigenvalue weighted by Crippen LogP contribution is 2.37. The van der Waals surface area contributed by atoms with Crippen LogP contribution in [0.15, 0.2) is 42.5 Å². The van der Waals surface area contributed by atoms with Gasteiger partial charge in [0.05, 0.1) is 17.4 Å². The summed E-state index contributed by atoms with van der Waals surface area (Å²) in [6.45, 7) is 0.300. The number of hydrogen-bond acceptors (Lipinski definition) is 6. The molecule has 0 saturated carbocycles. The van der Waals surface area contributed by atoms with Crippen molar-refractivity contribution in [1.82, 2.24) is 18.9 Å². The number of ether oxygens (including phenoxy) is 1. The van der Waals surface area contributed by atoms with E-state index in [1.165, 1.54) is 0 Å². The first-order chi connectivity index (χ1) is 12.3. The van der Waals surface area contributed by atoms with E-state index in [4.69, 9.17) is 4.74 Å². The lowest BCUT2D eigenvalue weighted by molar-refractivity contribution is 0.102. The van der Waals surface area contributed by atoms with Crippen molar-refractivity contribution in [1.29, 1.82) is 0 Å². The Morgan fingerprint density at radius 3 is 3.04 bits per heavy atom. The second kappa shape index (κ2) is 5.38. The highest BCUT2D eigenvalue weighted by Gasteiger charge is 2.26. The van der Waals surface area contributed by atoms with Gasteiger partial charge >= 0.3 is 0 Å². The molecule has 7 nitrogen and oxygen atoms in total. The van der Waals surface area contributed by atoms with Crippen LogP contribution in [0.25, 0.3) is 22.3 Å². The number of carbonyl (C=O) groups is 1. The maximum absolute atomic E-state index is 12.7. The number of aromatic nitrogens is 4. The number of benzene rings is 2. The molecule has 8 heteroatoms. The SMILES string of the molecule is O=C(Nc1cccc2nsnc12)c1[nH]nc2c1COc1ccccc1-2. The van der Waals surface area contributed by atoms with Gasteiger partial charge in [-0.15, -0.1) is 0 Å². The Morgan fingerprint density at radius 2 is 2.08 bits per heavy atom. The first-order valence-electron chi connectivity index (χ1n) is 7.63. The van der Waals surface area contributed by atoms with Gasteiger partial charge in [0.25, 0.3) is 5.91 Å². The Balaban J connectivity index is 1.52. The molecule has 25 heavy (non-hydrogen) atoms. The van der Waals surface area contributed by atoms with Gasteiger partial charge in [-0.1, -0.05) is 18.2 Å². The van der Waals surface area contributed by atoms with E-state index in [1.807, 2.05) is 36.4 Å². The summed E-state index contributed by atoms with van der Waals surface area (Å²) in [5.74, 6) is 0.490. The summed E-state index contributed by atoms with van der Waals surface area (Å²) in [4.78, 5) is 12.7. The smallest absolute Gasteiger partial charge is 0.274 e. The zero-order valence-corrected chi connectivity index (χ0v) is 13.6. The summed E-state index contributed by atoms with van der Waals surface area (Å²) in [7, 11) is 0. The molecule has 1 amide bonds. The predicted molar refractivity (Wildman–Crippen MR) is 93.7 cm³/mol. The molecule has 0 unspecified atom stereocenters. The molecule has 3 heterocycles. The Morgan fingerprint density at radius 1 is 1.16 bits per heavy atom. The van der Waals surface area contributed by atoms with Crippen molar-refractivity contribution in [3.63, 3.8) is 0 Å². The molecule has 2 N–H and O–H groups in total. The molecule has 1 aliphatic rings. The van der Waals surface area contributed by atoms with Crippen LogP contribution in [0.4, 0.5) is 5.69 Å². The molecular weight excluding hydrogens is 338 g/mol. The monoisotopic (exact) mass is 349 g/mol. The van der Waals surface area contributed by atoms with Crippen LogP contribution in [0.5, 0.6) is 5.75 Å². The molecule has 0 bridgehead atoms. The fourth-order valence-electron chi connectivity index (χ4n) is 2.95. The van der Waals surface area contributed by atoms with Gasteiger partial charge in [-0.25, -0.2) is 0 Å². The molecule has 0 atom stereocenters. The number of fused-ring (bicyclic) bond motifs is 4. The van der Waals surface area contributed by atoms with Gasteiger partial charge in [0.2, 0.25) is 0 Å². The number of amides is 1. The Hall–Kier alpha value is -3.26.